The van der Waals surface area contributed by atoms with Crippen molar-refractivity contribution in [3.05, 3.63) is 46.2 Å². The van der Waals surface area contributed by atoms with E-state index in [0.29, 0.717) is 5.92 Å². The maximum atomic E-state index is 6.19. The van der Waals surface area contributed by atoms with Crippen LogP contribution in [-0.2, 0) is 13.6 Å². The normalized spacial score (nSPS) is 11.1. The van der Waals surface area contributed by atoms with Gasteiger partial charge in [0.25, 0.3) is 0 Å². The van der Waals surface area contributed by atoms with Gasteiger partial charge >= 0.3 is 0 Å². The lowest BCUT2D eigenvalue weighted by molar-refractivity contribution is 0.712. The fraction of sp³-hybridized carbons (Fsp3) is 0.400. The van der Waals surface area contributed by atoms with Gasteiger partial charge < -0.3 is 5.32 Å². The molecule has 0 unspecified atom stereocenters. The van der Waals surface area contributed by atoms with E-state index >= 15 is 0 Å². The van der Waals surface area contributed by atoms with Crippen molar-refractivity contribution in [2.45, 2.75) is 33.2 Å². The van der Waals surface area contributed by atoms with Crippen molar-refractivity contribution in [1.82, 2.24) is 9.78 Å². The lowest BCUT2D eigenvalue weighted by atomic mass is 10.1. The molecule has 0 fully saturated rings. The maximum absolute atomic E-state index is 6.19. The van der Waals surface area contributed by atoms with Crippen LogP contribution in [0, 0.1) is 6.92 Å². The van der Waals surface area contributed by atoms with Gasteiger partial charge in [0.15, 0.2) is 0 Å². The molecule has 0 amide bonds. The van der Waals surface area contributed by atoms with Crippen LogP contribution in [0.5, 0.6) is 0 Å². The van der Waals surface area contributed by atoms with Crippen LogP contribution >= 0.6 is 11.6 Å². The Morgan fingerprint density at radius 3 is 2.79 bits per heavy atom. The first-order valence-corrected chi connectivity index (χ1v) is 6.87. The first-order valence-electron chi connectivity index (χ1n) is 6.50. The number of nitrogens with zero attached hydrogens (tertiary/aromatic N) is 2. The number of hydrogen-bond donors (Lipinski definition) is 1. The summed E-state index contributed by atoms with van der Waals surface area (Å²) in [6, 6.07) is 6.00. The van der Waals surface area contributed by atoms with Gasteiger partial charge in [-0.25, -0.2) is 0 Å². The van der Waals surface area contributed by atoms with Gasteiger partial charge in [-0.15, -0.1) is 0 Å². The third-order valence-electron chi connectivity index (χ3n) is 3.08. The number of aromatic nitrogens is 2. The Morgan fingerprint density at radius 2 is 2.11 bits per heavy atom. The number of benzene rings is 1. The standard InChI is InChI=1S/C15H20ClN3/c1-10(2)15-12(9-19(4)18-15)8-17-14-7-11(3)5-6-13(14)16/h5-7,9-10,17H,8H2,1-4H3. The van der Waals surface area contributed by atoms with Crippen molar-refractivity contribution in [3.8, 4) is 0 Å². The molecule has 0 saturated carbocycles. The summed E-state index contributed by atoms with van der Waals surface area (Å²) in [4.78, 5) is 0. The van der Waals surface area contributed by atoms with E-state index in [4.69, 9.17) is 11.6 Å². The molecule has 1 N–H and O–H groups in total. The number of halogens is 1. The lowest BCUT2D eigenvalue weighted by Crippen LogP contribution is -2.03. The third kappa shape index (κ3) is 3.29. The minimum Gasteiger partial charge on any atom is -0.380 e. The molecule has 1 aromatic heterocycles. The van der Waals surface area contributed by atoms with E-state index in [2.05, 4.69) is 43.4 Å². The van der Waals surface area contributed by atoms with Crippen LogP contribution in [0.15, 0.2) is 24.4 Å². The Balaban J connectivity index is 2.16. The molecule has 0 aliphatic heterocycles. The first-order chi connectivity index (χ1) is 8.97. The van der Waals surface area contributed by atoms with Gasteiger partial charge in [-0.1, -0.05) is 31.5 Å². The van der Waals surface area contributed by atoms with E-state index in [1.165, 1.54) is 11.1 Å². The number of rotatable bonds is 4. The monoisotopic (exact) mass is 277 g/mol. The van der Waals surface area contributed by atoms with Gasteiger partial charge in [0, 0.05) is 25.4 Å². The van der Waals surface area contributed by atoms with Crippen molar-refractivity contribution in [3.63, 3.8) is 0 Å². The fourth-order valence-electron chi connectivity index (χ4n) is 2.14. The number of nitrogens with one attached hydrogen (secondary N) is 1. The molecule has 102 valence electrons. The smallest absolute Gasteiger partial charge is 0.0699 e. The van der Waals surface area contributed by atoms with Crippen LogP contribution < -0.4 is 5.32 Å². The minimum atomic E-state index is 0.422. The zero-order valence-corrected chi connectivity index (χ0v) is 12.6. The zero-order valence-electron chi connectivity index (χ0n) is 11.9. The fourth-order valence-corrected chi connectivity index (χ4v) is 2.33. The topological polar surface area (TPSA) is 29.9 Å². The van der Waals surface area contributed by atoms with E-state index in [1.807, 2.05) is 23.9 Å². The molecule has 2 rings (SSSR count). The van der Waals surface area contributed by atoms with E-state index < -0.39 is 0 Å². The summed E-state index contributed by atoms with van der Waals surface area (Å²) in [5.41, 5.74) is 4.52. The van der Waals surface area contributed by atoms with E-state index in [1.54, 1.807) is 0 Å². The number of hydrogen-bond acceptors (Lipinski definition) is 2. The molecule has 2 aromatic rings. The molecular weight excluding hydrogens is 258 g/mol. The van der Waals surface area contributed by atoms with Crippen LogP contribution in [-0.4, -0.2) is 9.78 Å². The van der Waals surface area contributed by atoms with Gasteiger partial charge in [0.2, 0.25) is 0 Å². The predicted octanol–water partition coefficient (Wildman–Crippen LogP) is 4.12. The summed E-state index contributed by atoms with van der Waals surface area (Å²) in [7, 11) is 1.95. The largest absolute Gasteiger partial charge is 0.380 e. The molecule has 0 radical (unpaired) electrons. The Hall–Kier alpha value is -1.48. The average Bonchev–Trinajstić information content (AvgIpc) is 2.72. The van der Waals surface area contributed by atoms with Crippen molar-refractivity contribution in [2.75, 3.05) is 5.32 Å². The highest BCUT2D eigenvalue weighted by Crippen LogP contribution is 2.24. The molecule has 0 bridgehead atoms. The molecule has 3 nitrogen and oxygen atoms in total. The molecule has 0 saturated heterocycles. The Labute approximate surface area is 119 Å². The third-order valence-corrected chi connectivity index (χ3v) is 3.40. The molecule has 0 spiro atoms. The van der Waals surface area contributed by atoms with Crippen molar-refractivity contribution in [1.29, 1.82) is 0 Å². The average molecular weight is 278 g/mol. The van der Waals surface area contributed by atoms with Crippen LogP contribution in [0.1, 0.15) is 36.6 Å². The summed E-state index contributed by atoms with van der Waals surface area (Å²) in [6.07, 6.45) is 2.06. The van der Waals surface area contributed by atoms with E-state index in [-0.39, 0.29) is 0 Å². The van der Waals surface area contributed by atoms with E-state index in [0.717, 1.165) is 22.9 Å². The van der Waals surface area contributed by atoms with Crippen LogP contribution in [0.25, 0.3) is 0 Å². The zero-order chi connectivity index (χ0) is 14.0. The van der Waals surface area contributed by atoms with Crippen LogP contribution in [0.2, 0.25) is 5.02 Å². The Bertz CT molecular complexity index is 573. The number of aryl methyl sites for hydroxylation is 2. The molecule has 19 heavy (non-hydrogen) atoms. The summed E-state index contributed by atoms with van der Waals surface area (Å²) in [5, 5.41) is 8.65. The van der Waals surface area contributed by atoms with Gasteiger partial charge in [0.05, 0.1) is 16.4 Å². The predicted molar refractivity (Wildman–Crippen MR) is 80.8 cm³/mol. The van der Waals surface area contributed by atoms with Crippen LogP contribution in [0.3, 0.4) is 0 Å². The summed E-state index contributed by atoms with van der Waals surface area (Å²) >= 11 is 6.19. The second-order valence-corrected chi connectivity index (χ2v) is 5.61. The summed E-state index contributed by atoms with van der Waals surface area (Å²) < 4.78 is 1.87. The van der Waals surface area contributed by atoms with Crippen molar-refractivity contribution in [2.24, 2.45) is 7.05 Å². The van der Waals surface area contributed by atoms with Gasteiger partial charge in [-0.2, -0.15) is 5.10 Å². The van der Waals surface area contributed by atoms with Gasteiger partial charge in [-0.05, 0) is 30.5 Å². The molecule has 0 aliphatic carbocycles. The first kappa shape index (κ1) is 13.9. The van der Waals surface area contributed by atoms with Crippen molar-refractivity contribution < 1.29 is 0 Å². The molecule has 1 aromatic carbocycles. The van der Waals surface area contributed by atoms with Crippen LogP contribution in [0.4, 0.5) is 5.69 Å². The molecule has 1 heterocycles. The Morgan fingerprint density at radius 1 is 1.37 bits per heavy atom. The number of anilines is 1. The molecule has 4 heteroatoms. The molecular formula is C15H20ClN3. The molecule has 0 aliphatic rings. The molecule has 0 atom stereocenters. The second-order valence-electron chi connectivity index (χ2n) is 5.20. The lowest BCUT2D eigenvalue weighted by Gasteiger charge is -2.10. The van der Waals surface area contributed by atoms with Crippen molar-refractivity contribution >= 4 is 17.3 Å². The second kappa shape index (κ2) is 5.66. The summed E-state index contributed by atoms with van der Waals surface area (Å²) in [6.45, 7) is 7.12. The Kier molecular flexibility index (Phi) is 4.15. The highest BCUT2D eigenvalue weighted by molar-refractivity contribution is 6.33. The van der Waals surface area contributed by atoms with Gasteiger partial charge in [0.1, 0.15) is 0 Å². The SMILES string of the molecule is Cc1ccc(Cl)c(NCc2cn(C)nc2C(C)C)c1. The quantitative estimate of drug-likeness (QED) is 0.911. The highest BCUT2D eigenvalue weighted by atomic mass is 35.5. The van der Waals surface area contributed by atoms with E-state index in [9.17, 15) is 0 Å². The van der Waals surface area contributed by atoms with Gasteiger partial charge in [-0.3, -0.25) is 4.68 Å². The summed E-state index contributed by atoms with van der Waals surface area (Å²) in [5.74, 6) is 0.422. The maximum Gasteiger partial charge on any atom is 0.0699 e. The minimum absolute atomic E-state index is 0.422. The highest BCUT2D eigenvalue weighted by Gasteiger charge is 2.11.